The Morgan fingerprint density at radius 1 is 1.11 bits per heavy atom. The first-order valence-corrected chi connectivity index (χ1v) is 14.1. The Kier molecular flexibility index (Phi) is 7.02. The Bertz CT molecular complexity index is 1290. The Morgan fingerprint density at radius 2 is 1.84 bits per heavy atom. The molecule has 2 aromatic heterocycles. The third kappa shape index (κ3) is 5.25. The van der Waals surface area contributed by atoms with Gasteiger partial charge in [-0.05, 0) is 54.3 Å². The molecular weight excluding hydrogens is 558 g/mol. The van der Waals surface area contributed by atoms with Crippen LogP contribution in [-0.4, -0.2) is 90.0 Å². The molecule has 6 rings (SSSR count). The van der Waals surface area contributed by atoms with Crippen molar-refractivity contribution in [2.24, 2.45) is 5.92 Å². The SMILES string of the molecule is Cc1c(NCCN2CCCC2)cc(OCC2CC2(F)F)cc1N1CCN(c2ncnc3[nH]nc(Br)c23)CC1. The molecule has 2 N–H and O–H groups in total. The van der Waals surface area contributed by atoms with Crippen LogP contribution in [0.2, 0.25) is 0 Å². The van der Waals surface area contributed by atoms with Gasteiger partial charge in [0.25, 0.3) is 5.92 Å². The quantitative estimate of drug-likeness (QED) is 0.382. The number of aromatic nitrogens is 4. The molecule has 0 bridgehead atoms. The maximum Gasteiger partial charge on any atom is 0.255 e. The summed E-state index contributed by atoms with van der Waals surface area (Å²) in [4.78, 5) is 15.9. The molecule has 9 nitrogen and oxygen atoms in total. The number of alkyl halides is 2. The van der Waals surface area contributed by atoms with Crippen LogP contribution in [0.25, 0.3) is 11.0 Å². The van der Waals surface area contributed by atoms with E-state index in [-0.39, 0.29) is 13.0 Å². The van der Waals surface area contributed by atoms with E-state index in [1.807, 2.05) is 12.1 Å². The number of benzene rings is 1. The lowest BCUT2D eigenvalue weighted by atomic mass is 10.1. The standard InChI is InChI=1S/C26H33BrF2N8O/c1-17-20(30-4-7-35-5-2-3-6-35)12-19(38-15-18-14-26(18,28)29)13-21(17)36-8-10-37(11-9-36)25-22-23(27)33-34-24(22)31-16-32-25/h12-13,16,18,30H,2-11,14-15H2,1H3,(H,31,32,33,34). The van der Waals surface area contributed by atoms with Gasteiger partial charge in [0.2, 0.25) is 0 Å². The first kappa shape index (κ1) is 25.5. The summed E-state index contributed by atoms with van der Waals surface area (Å²) in [7, 11) is 0. The number of fused-ring (bicyclic) bond motifs is 1. The third-order valence-corrected chi connectivity index (χ3v) is 8.49. The van der Waals surface area contributed by atoms with Crippen molar-refractivity contribution in [3.05, 3.63) is 28.6 Å². The Hall–Kier alpha value is -2.73. The molecule has 204 valence electrons. The fourth-order valence-electron chi connectivity index (χ4n) is 5.48. The molecule has 0 radical (unpaired) electrons. The van der Waals surface area contributed by atoms with Crippen molar-refractivity contribution < 1.29 is 13.5 Å². The van der Waals surface area contributed by atoms with Crippen LogP contribution in [0.5, 0.6) is 5.75 Å². The predicted octanol–water partition coefficient (Wildman–Crippen LogP) is 4.29. The van der Waals surface area contributed by atoms with Crippen LogP contribution in [0, 0.1) is 12.8 Å². The van der Waals surface area contributed by atoms with Gasteiger partial charge in [-0.3, -0.25) is 5.10 Å². The second-order valence-electron chi connectivity index (χ2n) is 10.5. The van der Waals surface area contributed by atoms with Gasteiger partial charge in [0.1, 0.15) is 22.5 Å². The van der Waals surface area contributed by atoms with Crippen LogP contribution in [-0.2, 0) is 0 Å². The predicted molar refractivity (Wildman–Crippen MR) is 148 cm³/mol. The van der Waals surface area contributed by atoms with Crippen LogP contribution in [0.4, 0.5) is 26.0 Å². The molecule has 38 heavy (non-hydrogen) atoms. The summed E-state index contributed by atoms with van der Waals surface area (Å²) < 4.78 is 33.6. The van der Waals surface area contributed by atoms with Gasteiger partial charge in [-0.2, -0.15) is 5.10 Å². The average molecular weight is 592 g/mol. The van der Waals surface area contributed by atoms with Gasteiger partial charge in [0, 0.05) is 69.2 Å². The molecule has 1 aliphatic carbocycles. The minimum Gasteiger partial charge on any atom is -0.493 e. The molecule has 12 heteroatoms. The van der Waals surface area contributed by atoms with Crippen molar-refractivity contribution in [1.82, 2.24) is 25.1 Å². The van der Waals surface area contributed by atoms with Crippen LogP contribution in [0.1, 0.15) is 24.8 Å². The van der Waals surface area contributed by atoms with E-state index in [0.29, 0.717) is 16.0 Å². The minimum absolute atomic E-state index is 0.0415. The third-order valence-electron chi connectivity index (χ3n) is 7.92. The highest BCUT2D eigenvalue weighted by Crippen LogP contribution is 2.48. The number of nitrogens with zero attached hydrogens (tertiary/aromatic N) is 6. The molecule has 2 saturated heterocycles. The first-order valence-electron chi connectivity index (χ1n) is 13.3. The van der Waals surface area contributed by atoms with E-state index in [4.69, 9.17) is 4.74 Å². The van der Waals surface area contributed by atoms with Gasteiger partial charge in [-0.15, -0.1) is 0 Å². The summed E-state index contributed by atoms with van der Waals surface area (Å²) in [6, 6.07) is 3.97. The lowest BCUT2D eigenvalue weighted by molar-refractivity contribution is 0.0856. The van der Waals surface area contributed by atoms with Crippen molar-refractivity contribution in [2.75, 3.05) is 74.1 Å². The molecular formula is C26H33BrF2N8O. The molecule has 0 amide bonds. The normalized spacial score (nSPS) is 21.3. The summed E-state index contributed by atoms with van der Waals surface area (Å²) in [5, 5.41) is 11.6. The number of nitrogens with one attached hydrogen (secondary N) is 2. The van der Waals surface area contributed by atoms with Crippen molar-refractivity contribution in [3.8, 4) is 5.75 Å². The summed E-state index contributed by atoms with van der Waals surface area (Å²) in [6.45, 7) is 9.44. The van der Waals surface area contributed by atoms with Crippen LogP contribution in [0.15, 0.2) is 23.1 Å². The fourth-order valence-corrected chi connectivity index (χ4v) is 5.93. The molecule has 2 aliphatic heterocycles. The van der Waals surface area contributed by atoms with Gasteiger partial charge in [-0.1, -0.05) is 0 Å². The van der Waals surface area contributed by atoms with Crippen LogP contribution >= 0.6 is 15.9 Å². The largest absolute Gasteiger partial charge is 0.493 e. The van der Waals surface area contributed by atoms with Gasteiger partial charge < -0.3 is 24.8 Å². The van der Waals surface area contributed by atoms with Crippen LogP contribution < -0.4 is 19.9 Å². The summed E-state index contributed by atoms with van der Waals surface area (Å²) >= 11 is 3.51. The topological polar surface area (TPSA) is 85.4 Å². The number of hydrogen-bond acceptors (Lipinski definition) is 8. The highest BCUT2D eigenvalue weighted by atomic mass is 79.9. The monoisotopic (exact) mass is 590 g/mol. The average Bonchev–Trinajstić information content (AvgIpc) is 3.26. The lowest BCUT2D eigenvalue weighted by Crippen LogP contribution is -2.47. The molecule has 3 aliphatic rings. The Labute approximate surface area is 229 Å². The summed E-state index contributed by atoms with van der Waals surface area (Å²) in [6.07, 6.45) is 4.01. The molecule has 3 aromatic rings. The van der Waals surface area contributed by atoms with E-state index in [1.165, 1.54) is 12.8 Å². The molecule has 1 aromatic carbocycles. The van der Waals surface area contributed by atoms with E-state index in [1.54, 1.807) is 6.33 Å². The molecule has 1 saturated carbocycles. The Morgan fingerprint density at radius 3 is 2.58 bits per heavy atom. The molecule has 1 unspecified atom stereocenters. The van der Waals surface area contributed by atoms with Crippen molar-refractivity contribution >= 4 is 44.2 Å². The smallest absolute Gasteiger partial charge is 0.255 e. The zero-order chi connectivity index (χ0) is 26.3. The van der Waals surface area contributed by atoms with Crippen LogP contribution in [0.3, 0.4) is 0 Å². The van der Waals surface area contributed by atoms with E-state index in [9.17, 15) is 8.78 Å². The second kappa shape index (κ2) is 10.4. The molecule has 1 atom stereocenters. The first-order chi connectivity index (χ1) is 18.4. The second-order valence-corrected chi connectivity index (χ2v) is 11.2. The maximum atomic E-state index is 13.5. The zero-order valence-electron chi connectivity index (χ0n) is 21.5. The van der Waals surface area contributed by atoms with Gasteiger partial charge in [0.05, 0.1) is 17.9 Å². The van der Waals surface area contributed by atoms with Gasteiger partial charge >= 0.3 is 0 Å². The highest BCUT2D eigenvalue weighted by molar-refractivity contribution is 9.10. The number of hydrogen-bond donors (Lipinski definition) is 2. The number of piperazine rings is 1. The van der Waals surface area contributed by atoms with Crippen molar-refractivity contribution in [2.45, 2.75) is 32.1 Å². The number of likely N-dealkylation sites (tertiary alicyclic amines) is 1. The number of H-pyrrole nitrogens is 1. The minimum atomic E-state index is -2.59. The zero-order valence-corrected chi connectivity index (χ0v) is 23.1. The number of aromatic amines is 1. The molecule has 0 spiro atoms. The fraction of sp³-hybridized carbons (Fsp3) is 0.577. The van der Waals surface area contributed by atoms with Gasteiger partial charge in [-0.25, -0.2) is 18.7 Å². The van der Waals surface area contributed by atoms with Crippen molar-refractivity contribution in [1.29, 1.82) is 0 Å². The van der Waals surface area contributed by atoms with Gasteiger partial charge in [0.15, 0.2) is 5.65 Å². The number of rotatable bonds is 9. The van der Waals surface area contributed by atoms with E-state index < -0.39 is 11.8 Å². The van der Waals surface area contributed by atoms with E-state index in [0.717, 1.165) is 80.5 Å². The summed E-state index contributed by atoms with van der Waals surface area (Å²) in [5.74, 6) is -1.77. The lowest BCUT2D eigenvalue weighted by Gasteiger charge is -2.38. The van der Waals surface area contributed by atoms with E-state index >= 15 is 0 Å². The van der Waals surface area contributed by atoms with E-state index in [2.05, 4.69) is 63.0 Å². The number of anilines is 3. The number of ether oxygens (including phenoxy) is 1. The molecule has 4 heterocycles. The maximum absolute atomic E-state index is 13.5. The summed E-state index contributed by atoms with van der Waals surface area (Å²) in [5.41, 5.74) is 3.93. The Balaban J connectivity index is 1.18. The molecule has 3 fully saturated rings. The highest BCUT2D eigenvalue weighted by Gasteiger charge is 2.57. The van der Waals surface area contributed by atoms with Crippen molar-refractivity contribution in [3.63, 3.8) is 0 Å². The number of halogens is 3.